The molecule has 0 aromatic heterocycles. The third-order valence-corrected chi connectivity index (χ3v) is 7.99. The van der Waals surface area contributed by atoms with Crippen LogP contribution >= 0.6 is 15.9 Å². The highest BCUT2D eigenvalue weighted by Crippen LogP contribution is 2.40. The molecule has 1 aliphatic rings. The van der Waals surface area contributed by atoms with E-state index < -0.39 is 0 Å². The first-order valence-electron chi connectivity index (χ1n) is 12.8. The summed E-state index contributed by atoms with van der Waals surface area (Å²) in [6, 6.07) is 26.6. The summed E-state index contributed by atoms with van der Waals surface area (Å²) in [7, 11) is 0. The average molecular weight is 554 g/mol. The number of aryl methyl sites for hydroxylation is 1. The van der Waals surface area contributed by atoms with Crippen LogP contribution < -0.4 is 0 Å². The van der Waals surface area contributed by atoms with Crippen molar-refractivity contribution in [3.8, 4) is 0 Å². The van der Waals surface area contributed by atoms with Crippen LogP contribution in [0.25, 0.3) is 0 Å². The summed E-state index contributed by atoms with van der Waals surface area (Å²) in [5.41, 5.74) is 4.49. The third kappa shape index (κ3) is 6.64. The van der Waals surface area contributed by atoms with E-state index in [0.29, 0.717) is 19.8 Å². The Morgan fingerprint density at radius 2 is 1.53 bits per heavy atom. The van der Waals surface area contributed by atoms with Gasteiger partial charge in [0.2, 0.25) is 0 Å². The first-order valence-corrected chi connectivity index (χ1v) is 13.6. The first-order chi connectivity index (χ1) is 17.5. The molecule has 4 rings (SSSR count). The van der Waals surface area contributed by atoms with Crippen LogP contribution in [0.1, 0.15) is 42.0 Å². The van der Waals surface area contributed by atoms with Crippen molar-refractivity contribution in [2.24, 2.45) is 11.8 Å². The van der Waals surface area contributed by atoms with Crippen molar-refractivity contribution in [3.05, 3.63) is 106 Å². The molecule has 6 atom stereocenters. The summed E-state index contributed by atoms with van der Waals surface area (Å²) in [4.78, 5) is 0. The lowest BCUT2D eigenvalue weighted by atomic mass is 9.76. The number of benzene rings is 3. The minimum Gasteiger partial charge on any atom is -0.396 e. The average Bonchev–Trinajstić information content (AvgIpc) is 2.89. The van der Waals surface area contributed by atoms with E-state index in [1.807, 2.05) is 42.5 Å². The van der Waals surface area contributed by atoms with Gasteiger partial charge in [-0.1, -0.05) is 96.5 Å². The number of aliphatic hydroxyl groups is 1. The molecule has 0 radical (unpaired) electrons. The van der Waals surface area contributed by atoms with Gasteiger partial charge in [0.25, 0.3) is 0 Å². The van der Waals surface area contributed by atoms with E-state index in [9.17, 15) is 5.11 Å². The molecular weight excluding hydrogens is 516 g/mol. The summed E-state index contributed by atoms with van der Waals surface area (Å²) >= 11 is 3.57. The van der Waals surface area contributed by atoms with Crippen molar-refractivity contribution in [2.45, 2.75) is 58.2 Å². The van der Waals surface area contributed by atoms with E-state index in [1.165, 1.54) is 0 Å². The molecule has 1 heterocycles. The van der Waals surface area contributed by atoms with Crippen LogP contribution in [0.15, 0.2) is 83.3 Å². The predicted octanol–water partition coefficient (Wildman–Crippen LogP) is 6.68. The molecule has 0 aliphatic carbocycles. The molecule has 5 heteroatoms. The van der Waals surface area contributed by atoms with Crippen molar-refractivity contribution in [1.29, 1.82) is 0 Å². The fourth-order valence-corrected chi connectivity index (χ4v) is 5.65. The van der Waals surface area contributed by atoms with Gasteiger partial charge in [0, 0.05) is 10.4 Å². The Kier molecular flexibility index (Phi) is 9.74. The lowest BCUT2D eigenvalue weighted by Gasteiger charge is -2.47. The van der Waals surface area contributed by atoms with Gasteiger partial charge < -0.3 is 19.3 Å². The number of rotatable bonds is 10. The quantitative estimate of drug-likeness (QED) is 0.305. The molecule has 1 saturated heterocycles. The second-order valence-electron chi connectivity index (χ2n) is 9.91. The Balaban J connectivity index is 1.55. The van der Waals surface area contributed by atoms with E-state index in [0.717, 1.165) is 26.7 Å². The van der Waals surface area contributed by atoms with Gasteiger partial charge in [0.1, 0.15) is 0 Å². The van der Waals surface area contributed by atoms with Gasteiger partial charge in [-0.15, -0.1) is 0 Å². The third-order valence-electron chi connectivity index (χ3n) is 7.49. The Hall–Kier alpha value is -2.02. The normalized spacial score (nSPS) is 25.0. The molecule has 3 aromatic rings. The van der Waals surface area contributed by atoms with Crippen molar-refractivity contribution in [1.82, 2.24) is 0 Å². The Morgan fingerprint density at radius 1 is 0.889 bits per heavy atom. The number of halogens is 1. The highest BCUT2D eigenvalue weighted by molar-refractivity contribution is 9.10. The van der Waals surface area contributed by atoms with Gasteiger partial charge in [0.15, 0.2) is 0 Å². The number of ether oxygens (including phenoxy) is 3. The van der Waals surface area contributed by atoms with Crippen LogP contribution in [0.5, 0.6) is 0 Å². The van der Waals surface area contributed by atoms with E-state index in [1.54, 1.807) is 0 Å². The zero-order valence-corrected chi connectivity index (χ0v) is 22.9. The van der Waals surface area contributed by atoms with E-state index in [-0.39, 0.29) is 42.7 Å². The molecule has 0 bridgehead atoms. The molecule has 2 unspecified atom stereocenters. The summed E-state index contributed by atoms with van der Waals surface area (Å²) in [6.45, 7) is 8.08. The molecule has 0 amide bonds. The van der Waals surface area contributed by atoms with Crippen LogP contribution in [0.3, 0.4) is 0 Å². The highest BCUT2D eigenvalue weighted by Gasteiger charge is 2.45. The van der Waals surface area contributed by atoms with E-state index in [2.05, 4.69) is 73.1 Å². The summed E-state index contributed by atoms with van der Waals surface area (Å²) < 4.78 is 20.5. The molecule has 1 N–H and O–H groups in total. The lowest BCUT2D eigenvalue weighted by molar-refractivity contribution is -0.212. The summed E-state index contributed by atoms with van der Waals surface area (Å²) in [5.74, 6) is 0.260. The van der Waals surface area contributed by atoms with Gasteiger partial charge in [-0.25, -0.2) is 0 Å². The zero-order valence-electron chi connectivity index (χ0n) is 21.3. The summed E-state index contributed by atoms with van der Waals surface area (Å²) in [5, 5.41) is 10.6. The minimum atomic E-state index is -0.296. The molecule has 0 saturated carbocycles. The van der Waals surface area contributed by atoms with Gasteiger partial charge in [-0.05, 0) is 53.1 Å². The van der Waals surface area contributed by atoms with Crippen LogP contribution in [-0.2, 0) is 27.4 Å². The monoisotopic (exact) mass is 552 g/mol. The van der Waals surface area contributed by atoms with Crippen LogP contribution in [0.2, 0.25) is 0 Å². The Bertz CT molecular complexity index is 1070. The molecule has 1 aliphatic heterocycles. The van der Waals surface area contributed by atoms with Crippen LogP contribution in [0, 0.1) is 18.8 Å². The van der Waals surface area contributed by atoms with Gasteiger partial charge in [0.05, 0.1) is 44.7 Å². The highest BCUT2D eigenvalue weighted by atomic mass is 79.9. The Morgan fingerprint density at radius 3 is 2.14 bits per heavy atom. The molecular formula is C31H37BrO4. The van der Waals surface area contributed by atoms with Crippen molar-refractivity contribution >= 4 is 15.9 Å². The van der Waals surface area contributed by atoms with Crippen molar-refractivity contribution in [3.63, 3.8) is 0 Å². The second-order valence-corrected chi connectivity index (χ2v) is 10.8. The molecule has 36 heavy (non-hydrogen) atoms. The second kappa shape index (κ2) is 13.0. The fourth-order valence-electron chi connectivity index (χ4n) is 5.17. The first kappa shape index (κ1) is 27.0. The SMILES string of the molecule is Cc1cc(Br)ccc1[C@@H](CO)[C@H]1OC(COCc2ccccc2)[C@@H](C)[C@H](C)C1OCc1ccccc1. The maximum absolute atomic E-state index is 10.6. The van der Waals surface area contributed by atoms with Crippen LogP contribution in [-0.4, -0.2) is 36.6 Å². The van der Waals surface area contributed by atoms with Gasteiger partial charge in [-0.2, -0.15) is 0 Å². The lowest BCUT2D eigenvalue weighted by Crippen LogP contribution is -2.54. The number of aliphatic hydroxyl groups excluding tert-OH is 1. The van der Waals surface area contributed by atoms with E-state index >= 15 is 0 Å². The molecule has 3 aromatic carbocycles. The largest absolute Gasteiger partial charge is 0.396 e. The van der Waals surface area contributed by atoms with Crippen LogP contribution in [0.4, 0.5) is 0 Å². The van der Waals surface area contributed by atoms with Crippen molar-refractivity contribution < 1.29 is 19.3 Å². The Labute approximate surface area is 223 Å². The van der Waals surface area contributed by atoms with Crippen molar-refractivity contribution in [2.75, 3.05) is 13.2 Å². The zero-order chi connectivity index (χ0) is 25.5. The number of hydrogen-bond acceptors (Lipinski definition) is 4. The predicted molar refractivity (Wildman–Crippen MR) is 147 cm³/mol. The standard InChI is InChI=1S/C31H37BrO4/c1-21-16-26(32)14-15-27(21)28(17-33)31-30(35-19-25-12-8-5-9-13-25)23(3)22(2)29(36-31)20-34-18-24-10-6-4-7-11-24/h4-16,22-23,28-31,33H,17-20H2,1-3H3/t22-,23-,28+,29?,30?,31+/m0/s1. The fraction of sp³-hybridized carbons (Fsp3) is 0.419. The molecule has 1 fully saturated rings. The van der Waals surface area contributed by atoms with Gasteiger partial charge in [-0.3, -0.25) is 0 Å². The maximum Gasteiger partial charge on any atom is 0.0935 e. The van der Waals surface area contributed by atoms with E-state index in [4.69, 9.17) is 14.2 Å². The topological polar surface area (TPSA) is 47.9 Å². The maximum atomic E-state index is 10.6. The molecule has 0 spiro atoms. The van der Waals surface area contributed by atoms with Gasteiger partial charge >= 0.3 is 0 Å². The molecule has 4 nitrogen and oxygen atoms in total. The molecule has 192 valence electrons. The summed E-state index contributed by atoms with van der Waals surface area (Å²) in [6.07, 6.45) is -0.545. The minimum absolute atomic E-state index is 0.0168. The smallest absolute Gasteiger partial charge is 0.0935 e. The number of hydrogen-bond donors (Lipinski definition) is 1.